The fourth-order valence-electron chi connectivity index (χ4n) is 1.74. The summed E-state index contributed by atoms with van der Waals surface area (Å²) in [6, 6.07) is 7.13. The molecule has 0 atom stereocenters. The molecule has 0 bridgehead atoms. The number of nitrogens with one attached hydrogen (secondary N) is 1. The van der Waals surface area contributed by atoms with Crippen LogP contribution in [-0.4, -0.2) is 15.7 Å². The van der Waals surface area contributed by atoms with Gasteiger partial charge in [-0.05, 0) is 24.6 Å². The predicted molar refractivity (Wildman–Crippen MR) is 71.5 cm³/mol. The molecule has 0 aliphatic carbocycles. The minimum Gasteiger partial charge on any atom is -0.396 e. The van der Waals surface area contributed by atoms with Gasteiger partial charge in [-0.1, -0.05) is 6.07 Å². The van der Waals surface area contributed by atoms with Crippen molar-refractivity contribution in [3.8, 4) is 6.07 Å². The summed E-state index contributed by atoms with van der Waals surface area (Å²) in [6.45, 7) is 1.85. The molecule has 3 N–H and O–H groups in total. The zero-order valence-electron chi connectivity index (χ0n) is 10.6. The van der Waals surface area contributed by atoms with Crippen LogP contribution in [0.1, 0.15) is 21.6 Å². The van der Waals surface area contributed by atoms with E-state index in [0.717, 1.165) is 5.56 Å². The molecule has 0 unspecified atom stereocenters. The number of benzene rings is 1. The Morgan fingerprint density at radius 1 is 1.53 bits per heavy atom. The molecule has 1 aromatic carbocycles. The largest absolute Gasteiger partial charge is 0.396 e. The number of nitriles is 1. The van der Waals surface area contributed by atoms with Crippen LogP contribution in [0.25, 0.3) is 0 Å². The number of carbonyl (C=O) groups excluding carboxylic acids is 1. The van der Waals surface area contributed by atoms with Crippen molar-refractivity contribution in [2.75, 3.05) is 11.1 Å². The zero-order valence-corrected chi connectivity index (χ0v) is 10.6. The predicted octanol–water partition coefficient (Wildman–Crippen LogP) is 1.43. The molecule has 6 nitrogen and oxygen atoms in total. The molecule has 2 aromatic rings. The van der Waals surface area contributed by atoms with Crippen LogP contribution in [0.5, 0.6) is 0 Å². The standard InChI is InChI=1S/C13H13N5O/c1-8-3-4-9(6-14)5-11(8)17-13(19)12-10(15)7-16-18(12)2/h3-5,7H,15H2,1-2H3,(H,17,19). The highest BCUT2D eigenvalue weighted by Gasteiger charge is 2.15. The molecule has 1 amide bonds. The Bertz CT molecular complexity index is 661. The maximum Gasteiger partial charge on any atom is 0.276 e. The topological polar surface area (TPSA) is 96.7 Å². The first-order chi connectivity index (χ1) is 9.02. The summed E-state index contributed by atoms with van der Waals surface area (Å²) in [6.07, 6.45) is 1.42. The lowest BCUT2D eigenvalue weighted by Crippen LogP contribution is -2.18. The lowest BCUT2D eigenvalue weighted by atomic mass is 10.1. The van der Waals surface area contributed by atoms with E-state index in [2.05, 4.69) is 10.4 Å². The van der Waals surface area contributed by atoms with Crippen LogP contribution >= 0.6 is 0 Å². The summed E-state index contributed by atoms with van der Waals surface area (Å²) in [4.78, 5) is 12.1. The van der Waals surface area contributed by atoms with E-state index in [-0.39, 0.29) is 5.91 Å². The Hall–Kier alpha value is -2.81. The van der Waals surface area contributed by atoms with Gasteiger partial charge < -0.3 is 11.1 Å². The Labute approximate surface area is 110 Å². The summed E-state index contributed by atoms with van der Waals surface area (Å²) < 4.78 is 1.41. The molecule has 0 saturated carbocycles. The molecule has 0 saturated heterocycles. The van der Waals surface area contributed by atoms with Crippen molar-refractivity contribution in [3.63, 3.8) is 0 Å². The van der Waals surface area contributed by atoms with E-state index in [0.29, 0.717) is 22.6 Å². The van der Waals surface area contributed by atoms with Gasteiger partial charge in [0.05, 0.1) is 23.5 Å². The van der Waals surface area contributed by atoms with Gasteiger partial charge in [0.15, 0.2) is 0 Å². The molecule has 0 aliphatic heterocycles. The summed E-state index contributed by atoms with van der Waals surface area (Å²) in [7, 11) is 1.64. The fourth-order valence-corrected chi connectivity index (χ4v) is 1.74. The van der Waals surface area contributed by atoms with Gasteiger partial charge in [0, 0.05) is 12.7 Å². The Balaban J connectivity index is 2.32. The third kappa shape index (κ3) is 2.40. The summed E-state index contributed by atoms with van der Waals surface area (Å²) in [5.41, 5.74) is 8.24. The van der Waals surface area contributed by atoms with Gasteiger partial charge in [-0.2, -0.15) is 10.4 Å². The van der Waals surface area contributed by atoms with Crippen LogP contribution in [0, 0.1) is 18.3 Å². The zero-order chi connectivity index (χ0) is 14.0. The van der Waals surface area contributed by atoms with E-state index in [9.17, 15) is 4.79 Å². The van der Waals surface area contributed by atoms with Gasteiger partial charge in [0.25, 0.3) is 5.91 Å². The molecule has 0 spiro atoms. The highest BCUT2D eigenvalue weighted by Crippen LogP contribution is 2.19. The first-order valence-electron chi connectivity index (χ1n) is 5.62. The van der Waals surface area contributed by atoms with E-state index in [4.69, 9.17) is 11.0 Å². The Morgan fingerprint density at radius 2 is 2.26 bits per heavy atom. The van der Waals surface area contributed by atoms with E-state index in [1.165, 1.54) is 10.9 Å². The highest BCUT2D eigenvalue weighted by atomic mass is 16.2. The monoisotopic (exact) mass is 255 g/mol. The number of aromatic nitrogens is 2. The molecule has 1 heterocycles. The molecule has 0 fully saturated rings. The number of anilines is 2. The number of nitrogens with zero attached hydrogens (tertiary/aromatic N) is 3. The van der Waals surface area contributed by atoms with Gasteiger partial charge >= 0.3 is 0 Å². The quantitative estimate of drug-likeness (QED) is 0.848. The number of carbonyl (C=O) groups is 1. The van der Waals surface area contributed by atoms with Crippen molar-refractivity contribution >= 4 is 17.3 Å². The fraction of sp³-hybridized carbons (Fsp3) is 0.154. The van der Waals surface area contributed by atoms with Gasteiger partial charge in [-0.15, -0.1) is 0 Å². The van der Waals surface area contributed by atoms with E-state index in [1.807, 2.05) is 13.0 Å². The van der Waals surface area contributed by atoms with Crippen molar-refractivity contribution in [2.24, 2.45) is 7.05 Å². The van der Waals surface area contributed by atoms with Crippen molar-refractivity contribution in [2.45, 2.75) is 6.92 Å². The first kappa shape index (κ1) is 12.6. The normalized spacial score (nSPS) is 9.95. The minimum absolute atomic E-state index is 0.293. The van der Waals surface area contributed by atoms with Crippen molar-refractivity contribution < 1.29 is 4.79 Å². The number of amides is 1. The summed E-state index contributed by atoms with van der Waals surface area (Å²) >= 11 is 0. The molecule has 6 heteroatoms. The SMILES string of the molecule is Cc1ccc(C#N)cc1NC(=O)c1c(N)cnn1C. The average Bonchev–Trinajstić information content (AvgIpc) is 2.71. The van der Waals surface area contributed by atoms with Crippen LogP contribution in [0.2, 0.25) is 0 Å². The minimum atomic E-state index is -0.351. The maximum absolute atomic E-state index is 12.1. The Kier molecular flexibility index (Phi) is 3.21. The average molecular weight is 255 g/mol. The molecule has 0 radical (unpaired) electrons. The molecule has 0 aliphatic rings. The number of rotatable bonds is 2. The number of nitrogens with two attached hydrogens (primary N) is 1. The summed E-state index contributed by atoms with van der Waals surface area (Å²) in [5.74, 6) is -0.351. The maximum atomic E-state index is 12.1. The number of aryl methyl sites for hydroxylation is 2. The molecular formula is C13H13N5O. The van der Waals surface area contributed by atoms with Gasteiger partial charge in [-0.3, -0.25) is 9.48 Å². The number of hydrogen-bond acceptors (Lipinski definition) is 4. The van der Waals surface area contributed by atoms with E-state index < -0.39 is 0 Å². The van der Waals surface area contributed by atoms with Crippen molar-refractivity contribution in [1.82, 2.24) is 9.78 Å². The number of nitrogen functional groups attached to an aromatic ring is 1. The van der Waals surface area contributed by atoms with E-state index >= 15 is 0 Å². The van der Waals surface area contributed by atoms with E-state index in [1.54, 1.807) is 25.2 Å². The second-order valence-corrected chi connectivity index (χ2v) is 4.17. The highest BCUT2D eigenvalue weighted by molar-refractivity contribution is 6.06. The summed E-state index contributed by atoms with van der Waals surface area (Å²) in [5, 5.41) is 15.5. The van der Waals surface area contributed by atoms with Crippen LogP contribution in [0.3, 0.4) is 0 Å². The van der Waals surface area contributed by atoms with Crippen LogP contribution in [0.4, 0.5) is 11.4 Å². The second-order valence-electron chi connectivity index (χ2n) is 4.17. The van der Waals surface area contributed by atoms with Crippen LogP contribution in [-0.2, 0) is 7.05 Å². The number of hydrogen-bond donors (Lipinski definition) is 2. The van der Waals surface area contributed by atoms with Crippen LogP contribution in [0.15, 0.2) is 24.4 Å². The molecule has 1 aromatic heterocycles. The first-order valence-corrected chi connectivity index (χ1v) is 5.62. The van der Waals surface area contributed by atoms with Crippen molar-refractivity contribution in [3.05, 3.63) is 41.2 Å². The van der Waals surface area contributed by atoms with Gasteiger partial charge in [-0.25, -0.2) is 0 Å². The molecular weight excluding hydrogens is 242 g/mol. The lowest BCUT2D eigenvalue weighted by molar-refractivity contribution is 0.101. The second kappa shape index (κ2) is 4.82. The lowest BCUT2D eigenvalue weighted by Gasteiger charge is -2.09. The van der Waals surface area contributed by atoms with Gasteiger partial charge in [0.2, 0.25) is 0 Å². The van der Waals surface area contributed by atoms with Crippen LogP contribution < -0.4 is 11.1 Å². The smallest absolute Gasteiger partial charge is 0.276 e. The Morgan fingerprint density at radius 3 is 2.84 bits per heavy atom. The molecule has 19 heavy (non-hydrogen) atoms. The third-order valence-corrected chi connectivity index (χ3v) is 2.80. The third-order valence-electron chi connectivity index (χ3n) is 2.80. The van der Waals surface area contributed by atoms with Gasteiger partial charge in [0.1, 0.15) is 5.69 Å². The molecule has 96 valence electrons. The molecule has 2 rings (SSSR count). The van der Waals surface area contributed by atoms with Crippen molar-refractivity contribution in [1.29, 1.82) is 5.26 Å².